The molecule has 1 aliphatic carbocycles. The van der Waals surface area contributed by atoms with Gasteiger partial charge in [-0.15, -0.1) is 0 Å². The maximum absolute atomic E-state index is 6.76. The van der Waals surface area contributed by atoms with Crippen LogP contribution in [0.15, 0.2) is 24.3 Å². The summed E-state index contributed by atoms with van der Waals surface area (Å²) in [5, 5.41) is 0. The molecule has 98 valence electrons. The van der Waals surface area contributed by atoms with Gasteiger partial charge >= 0.3 is 0 Å². The summed E-state index contributed by atoms with van der Waals surface area (Å²) < 4.78 is 5.45. The minimum absolute atomic E-state index is 0.0865. The average Bonchev–Trinajstić information content (AvgIpc) is 2.40. The van der Waals surface area contributed by atoms with Gasteiger partial charge in [-0.2, -0.15) is 0 Å². The number of aryl methyl sites for hydroxylation is 1. The van der Waals surface area contributed by atoms with Crippen molar-refractivity contribution in [2.45, 2.75) is 44.1 Å². The van der Waals surface area contributed by atoms with Crippen molar-refractivity contribution < 1.29 is 4.74 Å². The van der Waals surface area contributed by atoms with Crippen LogP contribution in [0.3, 0.4) is 0 Å². The largest absolute Gasteiger partial charge is 0.381 e. The molecule has 0 saturated carbocycles. The first-order valence-corrected chi connectivity index (χ1v) is 7.23. The summed E-state index contributed by atoms with van der Waals surface area (Å²) in [5.41, 5.74) is 9.55. The van der Waals surface area contributed by atoms with Gasteiger partial charge in [-0.05, 0) is 55.6 Å². The molecule has 1 heterocycles. The molecule has 0 bridgehead atoms. The lowest BCUT2D eigenvalue weighted by atomic mass is 9.71. The van der Waals surface area contributed by atoms with Crippen molar-refractivity contribution in [3.05, 3.63) is 35.4 Å². The van der Waals surface area contributed by atoms with Crippen LogP contribution in [0.5, 0.6) is 0 Å². The maximum Gasteiger partial charge on any atom is 0.0468 e. The molecular weight excluding hydrogens is 222 g/mol. The van der Waals surface area contributed by atoms with Crippen molar-refractivity contribution in [3.8, 4) is 0 Å². The van der Waals surface area contributed by atoms with Gasteiger partial charge in [0.2, 0.25) is 0 Å². The van der Waals surface area contributed by atoms with Crippen LogP contribution < -0.4 is 5.73 Å². The molecule has 0 amide bonds. The van der Waals surface area contributed by atoms with Gasteiger partial charge in [0.25, 0.3) is 0 Å². The molecule has 3 rings (SSSR count). The van der Waals surface area contributed by atoms with Crippen LogP contribution in [0, 0.1) is 5.92 Å². The fourth-order valence-electron chi connectivity index (χ4n) is 3.63. The Morgan fingerprint density at radius 3 is 2.83 bits per heavy atom. The molecule has 1 atom stereocenters. The summed E-state index contributed by atoms with van der Waals surface area (Å²) in [6.45, 7) is 1.84. The van der Waals surface area contributed by atoms with Crippen LogP contribution in [0.25, 0.3) is 0 Å². The predicted octanol–water partition coefficient (Wildman–Crippen LogP) is 2.99. The fraction of sp³-hybridized carbons (Fsp3) is 0.625. The highest BCUT2D eigenvalue weighted by atomic mass is 16.5. The van der Waals surface area contributed by atoms with Crippen LogP contribution >= 0.6 is 0 Å². The van der Waals surface area contributed by atoms with Crippen molar-refractivity contribution in [2.75, 3.05) is 13.2 Å². The van der Waals surface area contributed by atoms with Gasteiger partial charge in [0.1, 0.15) is 0 Å². The number of ether oxygens (including phenoxy) is 1. The van der Waals surface area contributed by atoms with Gasteiger partial charge in [0.05, 0.1) is 0 Å². The number of hydrogen-bond acceptors (Lipinski definition) is 2. The summed E-state index contributed by atoms with van der Waals surface area (Å²) in [4.78, 5) is 0. The van der Waals surface area contributed by atoms with E-state index < -0.39 is 0 Å². The third-order valence-electron chi connectivity index (χ3n) is 4.62. The summed E-state index contributed by atoms with van der Waals surface area (Å²) in [7, 11) is 0. The van der Waals surface area contributed by atoms with Crippen LogP contribution in [0.4, 0.5) is 0 Å². The van der Waals surface area contributed by atoms with Gasteiger partial charge < -0.3 is 10.5 Å². The average molecular weight is 245 g/mol. The van der Waals surface area contributed by atoms with Gasteiger partial charge in [0, 0.05) is 18.8 Å². The van der Waals surface area contributed by atoms with E-state index in [1.165, 1.54) is 36.8 Å². The minimum atomic E-state index is -0.0865. The topological polar surface area (TPSA) is 35.2 Å². The van der Waals surface area contributed by atoms with Gasteiger partial charge in [-0.1, -0.05) is 24.3 Å². The molecule has 1 fully saturated rings. The zero-order chi connectivity index (χ0) is 12.4. The first kappa shape index (κ1) is 12.2. The zero-order valence-corrected chi connectivity index (χ0v) is 11.0. The summed E-state index contributed by atoms with van der Waals surface area (Å²) >= 11 is 0. The van der Waals surface area contributed by atoms with Crippen molar-refractivity contribution >= 4 is 0 Å². The Hall–Kier alpha value is -0.860. The molecule has 1 aromatic carbocycles. The van der Waals surface area contributed by atoms with E-state index in [1.54, 1.807) is 0 Å². The molecule has 1 aliphatic heterocycles. The fourth-order valence-corrected chi connectivity index (χ4v) is 3.63. The smallest absolute Gasteiger partial charge is 0.0468 e. The summed E-state index contributed by atoms with van der Waals surface area (Å²) in [5.74, 6) is 0.745. The Labute approximate surface area is 110 Å². The second kappa shape index (κ2) is 5.02. The molecule has 18 heavy (non-hydrogen) atoms. The highest BCUT2D eigenvalue weighted by Gasteiger charge is 2.34. The van der Waals surface area contributed by atoms with E-state index in [0.29, 0.717) is 0 Å². The highest BCUT2D eigenvalue weighted by molar-refractivity contribution is 5.35. The highest BCUT2D eigenvalue weighted by Crippen LogP contribution is 2.39. The Balaban J connectivity index is 1.81. The van der Waals surface area contributed by atoms with Crippen LogP contribution in [0.1, 0.15) is 43.2 Å². The van der Waals surface area contributed by atoms with E-state index in [-0.39, 0.29) is 5.54 Å². The SMILES string of the molecule is NC1(CC2CCOCC2)CCCc2ccccc21. The van der Waals surface area contributed by atoms with E-state index in [9.17, 15) is 0 Å². The molecule has 2 heteroatoms. The number of hydrogen-bond donors (Lipinski definition) is 1. The number of fused-ring (bicyclic) bond motifs is 1. The van der Waals surface area contributed by atoms with Crippen molar-refractivity contribution in [1.29, 1.82) is 0 Å². The van der Waals surface area contributed by atoms with E-state index in [4.69, 9.17) is 10.5 Å². The lowest BCUT2D eigenvalue weighted by molar-refractivity contribution is 0.0544. The Morgan fingerprint density at radius 2 is 2.00 bits per heavy atom. The summed E-state index contributed by atoms with van der Waals surface area (Å²) in [6.07, 6.45) is 7.07. The van der Waals surface area contributed by atoms with Gasteiger partial charge in [-0.3, -0.25) is 0 Å². The number of rotatable bonds is 2. The van der Waals surface area contributed by atoms with Crippen molar-refractivity contribution in [2.24, 2.45) is 11.7 Å². The van der Waals surface area contributed by atoms with Crippen LogP contribution in [-0.4, -0.2) is 13.2 Å². The third-order valence-corrected chi connectivity index (χ3v) is 4.62. The lowest BCUT2D eigenvalue weighted by Gasteiger charge is -2.39. The minimum Gasteiger partial charge on any atom is -0.381 e. The molecule has 1 unspecified atom stereocenters. The molecule has 0 radical (unpaired) electrons. The van der Waals surface area contributed by atoms with Crippen LogP contribution in [-0.2, 0) is 16.7 Å². The standard InChI is InChI=1S/C16H23NO/c17-16(12-13-7-10-18-11-8-13)9-3-5-14-4-1-2-6-15(14)16/h1-2,4,6,13H,3,5,7-12,17H2. The van der Waals surface area contributed by atoms with Crippen molar-refractivity contribution in [1.82, 2.24) is 0 Å². The predicted molar refractivity (Wildman–Crippen MR) is 73.4 cm³/mol. The molecule has 2 N–H and O–H groups in total. The lowest BCUT2D eigenvalue weighted by Crippen LogP contribution is -2.42. The molecule has 1 saturated heterocycles. The second-order valence-corrected chi connectivity index (χ2v) is 5.93. The maximum atomic E-state index is 6.76. The first-order chi connectivity index (χ1) is 8.78. The normalized spacial score (nSPS) is 28.9. The molecular formula is C16H23NO. The molecule has 1 aromatic rings. The second-order valence-electron chi connectivity index (χ2n) is 5.93. The monoisotopic (exact) mass is 245 g/mol. The third kappa shape index (κ3) is 2.32. The molecule has 0 aromatic heterocycles. The van der Waals surface area contributed by atoms with Crippen molar-refractivity contribution in [3.63, 3.8) is 0 Å². The first-order valence-electron chi connectivity index (χ1n) is 7.23. The quantitative estimate of drug-likeness (QED) is 0.869. The molecule has 2 nitrogen and oxygen atoms in total. The molecule has 0 spiro atoms. The Kier molecular flexibility index (Phi) is 3.40. The van der Waals surface area contributed by atoms with Crippen LogP contribution in [0.2, 0.25) is 0 Å². The zero-order valence-electron chi connectivity index (χ0n) is 11.0. The number of benzene rings is 1. The Bertz CT molecular complexity index is 411. The van der Waals surface area contributed by atoms with E-state index in [0.717, 1.165) is 32.0 Å². The van der Waals surface area contributed by atoms with E-state index in [2.05, 4.69) is 24.3 Å². The van der Waals surface area contributed by atoms with Gasteiger partial charge in [0.15, 0.2) is 0 Å². The van der Waals surface area contributed by atoms with Gasteiger partial charge in [-0.25, -0.2) is 0 Å². The number of nitrogens with two attached hydrogens (primary N) is 1. The van der Waals surface area contributed by atoms with E-state index >= 15 is 0 Å². The van der Waals surface area contributed by atoms with E-state index in [1.807, 2.05) is 0 Å². The Morgan fingerprint density at radius 1 is 1.22 bits per heavy atom. The molecule has 2 aliphatic rings. The summed E-state index contributed by atoms with van der Waals surface area (Å²) in [6, 6.07) is 8.77.